The number of carboxylic acids is 1. The fourth-order valence-corrected chi connectivity index (χ4v) is 2.60. The summed E-state index contributed by atoms with van der Waals surface area (Å²) >= 11 is 0. The summed E-state index contributed by atoms with van der Waals surface area (Å²) < 4.78 is 5.63. The highest BCUT2D eigenvalue weighted by Crippen LogP contribution is 2.37. The van der Waals surface area contributed by atoms with E-state index in [1.165, 1.54) is 12.1 Å². The van der Waals surface area contributed by atoms with Crippen molar-refractivity contribution >= 4 is 11.8 Å². The van der Waals surface area contributed by atoms with E-state index in [2.05, 4.69) is 4.98 Å². The van der Waals surface area contributed by atoms with Crippen molar-refractivity contribution in [3.8, 4) is 34.9 Å². The number of hydrogen-bond acceptors (Lipinski definition) is 6. The first-order valence-electron chi connectivity index (χ1n) is 7.76. The number of rotatable bonds is 4. The molecule has 0 fully saturated rings. The monoisotopic (exact) mass is 356 g/mol. The Morgan fingerprint density at radius 3 is 2.26 bits per heavy atom. The number of nitrogens with zero attached hydrogens (tertiary/aromatic N) is 3. The van der Waals surface area contributed by atoms with Crippen LogP contribution < -0.4 is 10.5 Å². The molecule has 27 heavy (non-hydrogen) atoms. The van der Waals surface area contributed by atoms with Gasteiger partial charge in [-0.15, -0.1) is 0 Å². The number of para-hydroxylation sites is 1. The molecule has 3 N–H and O–H groups in total. The summed E-state index contributed by atoms with van der Waals surface area (Å²) in [5, 5.41) is 28.5. The minimum absolute atomic E-state index is 0.00728. The number of ether oxygens (including phenoxy) is 1. The number of nitriles is 2. The Balaban J connectivity index is 2.25. The SMILES string of the molecule is N#Cc1c(N)nc(Oc2ccccc2C(=O)O)c(C#N)c1-c1ccccc1. The van der Waals surface area contributed by atoms with Gasteiger partial charge in [-0.2, -0.15) is 15.5 Å². The van der Waals surface area contributed by atoms with Gasteiger partial charge in [-0.1, -0.05) is 42.5 Å². The van der Waals surface area contributed by atoms with Gasteiger partial charge in [0.1, 0.15) is 40.4 Å². The van der Waals surface area contributed by atoms with Crippen LogP contribution in [0.25, 0.3) is 11.1 Å². The van der Waals surface area contributed by atoms with Crippen molar-refractivity contribution < 1.29 is 14.6 Å². The molecule has 0 aliphatic heterocycles. The summed E-state index contributed by atoms with van der Waals surface area (Å²) in [7, 11) is 0. The maximum Gasteiger partial charge on any atom is 0.339 e. The largest absolute Gasteiger partial charge is 0.478 e. The van der Waals surface area contributed by atoms with Crippen LogP contribution in [-0.4, -0.2) is 16.1 Å². The number of aromatic carboxylic acids is 1. The number of benzene rings is 2. The van der Waals surface area contributed by atoms with E-state index in [9.17, 15) is 20.4 Å². The first-order valence-corrected chi connectivity index (χ1v) is 7.76. The summed E-state index contributed by atoms with van der Waals surface area (Å²) in [5.41, 5.74) is 6.74. The molecular weight excluding hydrogens is 344 g/mol. The van der Waals surface area contributed by atoms with E-state index < -0.39 is 5.97 Å². The van der Waals surface area contributed by atoms with Crippen LogP contribution in [0.15, 0.2) is 54.6 Å². The molecule has 3 aromatic rings. The number of carbonyl (C=O) groups is 1. The van der Waals surface area contributed by atoms with Gasteiger partial charge in [-0.3, -0.25) is 0 Å². The number of anilines is 1. The van der Waals surface area contributed by atoms with Crippen molar-refractivity contribution in [3.05, 3.63) is 71.3 Å². The summed E-state index contributed by atoms with van der Waals surface area (Å²) in [6.45, 7) is 0. The lowest BCUT2D eigenvalue weighted by atomic mass is 9.96. The molecule has 7 nitrogen and oxygen atoms in total. The highest BCUT2D eigenvalue weighted by atomic mass is 16.5. The average molecular weight is 356 g/mol. The van der Waals surface area contributed by atoms with E-state index in [0.717, 1.165) is 0 Å². The topological polar surface area (TPSA) is 133 Å². The van der Waals surface area contributed by atoms with Crippen molar-refractivity contribution in [2.45, 2.75) is 0 Å². The second kappa shape index (κ2) is 7.26. The third kappa shape index (κ3) is 3.26. The zero-order valence-electron chi connectivity index (χ0n) is 13.9. The smallest absolute Gasteiger partial charge is 0.339 e. The predicted octanol–water partition coefficient (Wildman–Crippen LogP) is 3.56. The van der Waals surface area contributed by atoms with Crippen LogP contribution in [0, 0.1) is 22.7 Å². The van der Waals surface area contributed by atoms with Gasteiger partial charge in [-0.05, 0) is 17.7 Å². The molecule has 0 amide bonds. The highest BCUT2D eigenvalue weighted by Gasteiger charge is 2.22. The van der Waals surface area contributed by atoms with Crippen LogP contribution in [0.1, 0.15) is 21.5 Å². The molecule has 0 bridgehead atoms. The molecule has 0 aliphatic rings. The van der Waals surface area contributed by atoms with Gasteiger partial charge in [0.05, 0.1) is 0 Å². The van der Waals surface area contributed by atoms with Crippen molar-refractivity contribution in [1.29, 1.82) is 10.5 Å². The van der Waals surface area contributed by atoms with Crippen molar-refractivity contribution in [1.82, 2.24) is 4.98 Å². The van der Waals surface area contributed by atoms with E-state index in [1.54, 1.807) is 42.5 Å². The second-order valence-electron chi connectivity index (χ2n) is 5.42. The maximum absolute atomic E-state index is 11.4. The Hall–Kier alpha value is -4.36. The number of carboxylic acid groups (broad SMARTS) is 1. The molecule has 3 rings (SSSR count). The summed E-state index contributed by atoms with van der Waals surface area (Å²) in [6.07, 6.45) is 0. The van der Waals surface area contributed by atoms with E-state index in [-0.39, 0.29) is 39.7 Å². The van der Waals surface area contributed by atoms with Gasteiger partial charge < -0.3 is 15.6 Å². The Labute approximate surface area is 154 Å². The molecule has 130 valence electrons. The van der Waals surface area contributed by atoms with Crippen LogP contribution in [0.2, 0.25) is 0 Å². The molecule has 0 aliphatic carbocycles. The predicted molar refractivity (Wildman–Crippen MR) is 97.0 cm³/mol. The lowest BCUT2D eigenvalue weighted by Gasteiger charge is -2.14. The standard InChI is InChI=1S/C20H12N4O3/c21-10-14-17(12-6-2-1-3-7-12)15(11-22)19(24-18(14)23)27-16-9-5-4-8-13(16)20(25)26/h1-9H,(H2,23,24)(H,25,26). The highest BCUT2D eigenvalue weighted by molar-refractivity contribution is 5.91. The molecule has 0 radical (unpaired) electrons. The van der Waals surface area contributed by atoms with Crippen molar-refractivity contribution in [2.75, 3.05) is 5.73 Å². The fraction of sp³-hybridized carbons (Fsp3) is 0. The Kier molecular flexibility index (Phi) is 4.69. The molecule has 7 heteroatoms. The van der Waals surface area contributed by atoms with Gasteiger partial charge >= 0.3 is 5.97 Å². The van der Waals surface area contributed by atoms with Crippen molar-refractivity contribution in [2.24, 2.45) is 0 Å². The fourth-order valence-electron chi connectivity index (χ4n) is 2.60. The first kappa shape index (κ1) is 17.5. The Morgan fingerprint density at radius 1 is 1.00 bits per heavy atom. The number of nitrogens with two attached hydrogens (primary N) is 1. The first-order chi connectivity index (χ1) is 13.1. The van der Waals surface area contributed by atoms with Crippen molar-refractivity contribution in [3.63, 3.8) is 0 Å². The molecule has 2 aromatic carbocycles. The zero-order valence-corrected chi connectivity index (χ0v) is 13.9. The van der Waals surface area contributed by atoms with Gasteiger partial charge in [0.25, 0.3) is 0 Å². The van der Waals surface area contributed by atoms with Crippen LogP contribution in [0.4, 0.5) is 5.82 Å². The minimum Gasteiger partial charge on any atom is -0.478 e. The second-order valence-corrected chi connectivity index (χ2v) is 5.42. The Morgan fingerprint density at radius 2 is 1.63 bits per heavy atom. The zero-order chi connectivity index (χ0) is 19.4. The normalized spacial score (nSPS) is 9.85. The molecular formula is C20H12N4O3. The molecule has 0 atom stereocenters. The molecule has 0 spiro atoms. The van der Waals surface area contributed by atoms with Crippen LogP contribution in [0.3, 0.4) is 0 Å². The van der Waals surface area contributed by atoms with Crippen LogP contribution in [-0.2, 0) is 0 Å². The third-order valence-corrected chi connectivity index (χ3v) is 3.80. The Bertz CT molecular complexity index is 1110. The number of pyridine rings is 1. The number of aromatic nitrogens is 1. The molecule has 0 saturated carbocycles. The average Bonchev–Trinajstić information content (AvgIpc) is 2.68. The maximum atomic E-state index is 11.4. The summed E-state index contributed by atoms with van der Waals surface area (Å²) in [5.74, 6) is -1.45. The molecule has 0 saturated heterocycles. The quantitative estimate of drug-likeness (QED) is 0.730. The van der Waals surface area contributed by atoms with Gasteiger partial charge in [0, 0.05) is 5.56 Å². The molecule has 1 aromatic heterocycles. The van der Waals surface area contributed by atoms with E-state index in [1.807, 2.05) is 12.1 Å². The lowest BCUT2D eigenvalue weighted by Crippen LogP contribution is -2.06. The molecule has 0 unspecified atom stereocenters. The van der Waals surface area contributed by atoms with Gasteiger partial charge in [0.15, 0.2) is 0 Å². The number of hydrogen-bond donors (Lipinski definition) is 2. The summed E-state index contributed by atoms with van der Waals surface area (Å²) in [6, 6.07) is 18.7. The van der Waals surface area contributed by atoms with E-state index in [0.29, 0.717) is 5.56 Å². The van der Waals surface area contributed by atoms with E-state index >= 15 is 0 Å². The van der Waals surface area contributed by atoms with Gasteiger partial charge in [-0.25, -0.2) is 4.79 Å². The molecule has 1 heterocycles. The summed E-state index contributed by atoms with van der Waals surface area (Å²) in [4.78, 5) is 15.4. The van der Waals surface area contributed by atoms with Crippen LogP contribution >= 0.6 is 0 Å². The minimum atomic E-state index is -1.19. The number of nitrogen functional groups attached to an aromatic ring is 1. The third-order valence-electron chi connectivity index (χ3n) is 3.80. The van der Waals surface area contributed by atoms with E-state index in [4.69, 9.17) is 10.5 Å². The van der Waals surface area contributed by atoms with Crippen LogP contribution in [0.5, 0.6) is 11.6 Å². The van der Waals surface area contributed by atoms with Gasteiger partial charge in [0.2, 0.25) is 5.88 Å². The lowest BCUT2D eigenvalue weighted by molar-refractivity contribution is 0.0694.